The number of nitrogens with two attached hydrogens (primary N) is 1. The number of carbonyl (C=O) groups excluding carboxylic acids is 1. The van der Waals surface area contributed by atoms with E-state index in [9.17, 15) is 18.0 Å². The molecule has 0 fully saturated rings. The lowest BCUT2D eigenvalue weighted by atomic mass is 10.1. The van der Waals surface area contributed by atoms with Crippen molar-refractivity contribution in [1.29, 1.82) is 0 Å². The van der Waals surface area contributed by atoms with Gasteiger partial charge in [0.2, 0.25) is 0 Å². The topological polar surface area (TPSA) is 86.7 Å². The number of halogens is 3. The first-order chi connectivity index (χ1) is 12.7. The zero-order valence-electron chi connectivity index (χ0n) is 14.1. The van der Waals surface area contributed by atoms with E-state index in [1.54, 1.807) is 31.3 Å². The van der Waals surface area contributed by atoms with Gasteiger partial charge < -0.3 is 5.73 Å². The number of hydrogen-bond acceptors (Lipinski definition) is 4. The molecule has 0 saturated carbocycles. The van der Waals surface area contributed by atoms with Gasteiger partial charge in [-0.25, -0.2) is 9.67 Å². The molecule has 138 valence electrons. The van der Waals surface area contributed by atoms with Gasteiger partial charge in [0.1, 0.15) is 6.33 Å². The van der Waals surface area contributed by atoms with Gasteiger partial charge in [-0.05, 0) is 36.8 Å². The zero-order chi connectivity index (χ0) is 19.6. The fourth-order valence-electron chi connectivity index (χ4n) is 2.48. The number of aryl methyl sites for hydroxylation is 1. The number of primary amides is 1. The summed E-state index contributed by atoms with van der Waals surface area (Å²) < 4.78 is 40.2. The second-order valence-electron chi connectivity index (χ2n) is 5.78. The normalized spacial score (nSPS) is 12.2. The summed E-state index contributed by atoms with van der Waals surface area (Å²) in [5.74, 6) is -0.606. The van der Waals surface area contributed by atoms with Crippen LogP contribution in [0.3, 0.4) is 0 Å². The summed E-state index contributed by atoms with van der Waals surface area (Å²) in [5, 5.41) is 4.13. The van der Waals surface area contributed by atoms with Gasteiger partial charge in [0.15, 0.2) is 5.82 Å². The molecule has 0 bridgehead atoms. The maximum Gasteiger partial charge on any atom is 0.416 e. The summed E-state index contributed by atoms with van der Waals surface area (Å²) in [5.41, 5.74) is 5.89. The molecule has 3 aromatic rings. The van der Waals surface area contributed by atoms with Crippen LogP contribution in [0.25, 0.3) is 23.2 Å². The molecule has 0 aliphatic carbocycles. The Hall–Kier alpha value is -3.49. The number of rotatable bonds is 4. The minimum absolute atomic E-state index is 0.0930. The van der Waals surface area contributed by atoms with E-state index in [0.717, 1.165) is 12.1 Å². The van der Waals surface area contributed by atoms with Gasteiger partial charge in [0.05, 0.1) is 11.1 Å². The fraction of sp³-hybridized carbons (Fsp3) is 0.111. The molecule has 9 heteroatoms. The van der Waals surface area contributed by atoms with Crippen LogP contribution in [0, 0.1) is 6.92 Å². The molecule has 2 heterocycles. The molecular weight excluding hydrogens is 359 g/mol. The largest absolute Gasteiger partial charge is 0.416 e. The van der Waals surface area contributed by atoms with Crippen molar-refractivity contribution in [2.75, 3.05) is 0 Å². The van der Waals surface area contributed by atoms with E-state index >= 15 is 0 Å². The minimum Gasteiger partial charge on any atom is -0.366 e. The standard InChI is InChI=1S/C18H14F3N5O/c1-11-5-13(7-14(6-11)18(19,20)21)17-24-10-26(25-17)9-15(16(22)27)12-3-2-4-23-8-12/h2-10H,1H3,(H2,22,27)/b15-9-. The highest BCUT2D eigenvalue weighted by Crippen LogP contribution is 2.32. The van der Waals surface area contributed by atoms with Crippen LogP contribution in [0.5, 0.6) is 0 Å². The number of amides is 1. The van der Waals surface area contributed by atoms with Crippen molar-refractivity contribution in [3.8, 4) is 11.4 Å². The number of carbonyl (C=O) groups is 1. The first-order valence-corrected chi connectivity index (χ1v) is 7.76. The van der Waals surface area contributed by atoms with Gasteiger partial charge in [0, 0.05) is 29.7 Å². The molecule has 2 N–H and O–H groups in total. The van der Waals surface area contributed by atoms with Crippen LogP contribution in [0.2, 0.25) is 0 Å². The van der Waals surface area contributed by atoms with Crippen LogP contribution < -0.4 is 5.73 Å². The lowest BCUT2D eigenvalue weighted by molar-refractivity contribution is -0.137. The Labute approximate surface area is 152 Å². The Morgan fingerprint density at radius 3 is 2.67 bits per heavy atom. The smallest absolute Gasteiger partial charge is 0.366 e. The fourth-order valence-corrected chi connectivity index (χ4v) is 2.48. The summed E-state index contributed by atoms with van der Waals surface area (Å²) >= 11 is 0. The highest BCUT2D eigenvalue weighted by Gasteiger charge is 2.31. The van der Waals surface area contributed by atoms with Gasteiger partial charge in [-0.3, -0.25) is 9.78 Å². The van der Waals surface area contributed by atoms with Gasteiger partial charge in [-0.2, -0.15) is 13.2 Å². The molecule has 0 radical (unpaired) electrons. The predicted molar refractivity (Wildman–Crippen MR) is 92.8 cm³/mol. The van der Waals surface area contributed by atoms with Crippen LogP contribution in [-0.2, 0) is 11.0 Å². The molecule has 0 spiro atoms. The molecule has 0 unspecified atom stereocenters. The molecule has 3 rings (SSSR count). The van der Waals surface area contributed by atoms with Crippen LogP contribution in [0.15, 0.2) is 49.1 Å². The van der Waals surface area contributed by atoms with E-state index in [2.05, 4.69) is 15.1 Å². The highest BCUT2D eigenvalue weighted by molar-refractivity contribution is 6.22. The summed E-state index contributed by atoms with van der Waals surface area (Å²) in [6.07, 6.45) is 1.17. The lowest BCUT2D eigenvalue weighted by Crippen LogP contribution is -2.14. The third-order valence-corrected chi connectivity index (χ3v) is 3.67. The monoisotopic (exact) mass is 373 g/mol. The molecule has 6 nitrogen and oxygen atoms in total. The molecule has 1 amide bonds. The van der Waals surface area contributed by atoms with Gasteiger partial charge in [-0.15, -0.1) is 5.10 Å². The number of aromatic nitrogens is 4. The molecule has 0 atom stereocenters. The number of hydrogen-bond donors (Lipinski definition) is 1. The third kappa shape index (κ3) is 4.20. The van der Waals surface area contributed by atoms with E-state index in [0.29, 0.717) is 11.1 Å². The number of alkyl halides is 3. The number of benzene rings is 1. The Bertz CT molecular complexity index is 1010. The van der Waals surface area contributed by atoms with Crippen LogP contribution >= 0.6 is 0 Å². The van der Waals surface area contributed by atoms with Gasteiger partial charge in [0.25, 0.3) is 5.91 Å². The first kappa shape index (κ1) is 18.3. The summed E-state index contributed by atoms with van der Waals surface area (Å²) in [6, 6.07) is 6.87. The highest BCUT2D eigenvalue weighted by atomic mass is 19.4. The average Bonchev–Trinajstić information content (AvgIpc) is 3.08. The Balaban J connectivity index is 2.00. The van der Waals surface area contributed by atoms with Crippen molar-refractivity contribution in [2.45, 2.75) is 13.1 Å². The van der Waals surface area contributed by atoms with E-state index in [-0.39, 0.29) is 17.0 Å². The quantitative estimate of drug-likeness (QED) is 0.712. The second kappa shape index (κ2) is 7.02. The molecule has 0 aliphatic rings. The van der Waals surface area contributed by atoms with Gasteiger partial charge in [-0.1, -0.05) is 6.07 Å². The second-order valence-corrected chi connectivity index (χ2v) is 5.78. The predicted octanol–water partition coefficient (Wildman–Crippen LogP) is 3.15. The summed E-state index contributed by atoms with van der Waals surface area (Å²) in [4.78, 5) is 19.7. The van der Waals surface area contributed by atoms with Crippen LogP contribution in [0.4, 0.5) is 13.2 Å². The molecule has 2 aromatic heterocycles. The average molecular weight is 373 g/mol. The first-order valence-electron chi connectivity index (χ1n) is 7.76. The molecule has 27 heavy (non-hydrogen) atoms. The van der Waals surface area contributed by atoms with Gasteiger partial charge >= 0.3 is 6.18 Å². The molecule has 1 aromatic carbocycles. The van der Waals surface area contributed by atoms with Crippen molar-refractivity contribution >= 4 is 17.7 Å². The van der Waals surface area contributed by atoms with E-state index < -0.39 is 17.6 Å². The zero-order valence-corrected chi connectivity index (χ0v) is 14.1. The minimum atomic E-state index is -4.47. The van der Waals surface area contributed by atoms with E-state index in [4.69, 9.17) is 5.73 Å². The van der Waals surface area contributed by atoms with E-state index in [1.165, 1.54) is 23.4 Å². The molecular formula is C18H14F3N5O. The van der Waals surface area contributed by atoms with Crippen LogP contribution in [0.1, 0.15) is 16.7 Å². The Morgan fingerprint density at radius 2 is 2.04 bits per heavy atom. The summed E-state index contributed by atoms with van der Waals surface area (Å²) in [7, 11) is 0. The maximum absolute atomic E-state index is 13.0. The van der Waals surface area contributed by atoms with Crippen molar-refractivity contribution in [3.63, 3.8) is 0 Å². The number of nitrogens with zero attached hydrogens (tertiary/aromatic N) is 4. The maximum atomic E-state index is 13.0. The van der Waals surface area contributed by atoms with Crippen molar-refractivity contribution in [2.24, 2.45) is 5.73 Å². The van der Waals surface area contributed by atoms with Crippen molar-refractivity contribution < 1.29 is 18.0 Å². The van der Waals surface area contributed by atoms with Crippen molar-refractivity contribution in [1.82, 2.24) is 19.7 Å². The molecule has 0 saturated heterocycles. The third-order valence-electron chi connectivity index (χ3n) is 3.67. The van der Waals surface area contributed by atoms with E-state index in [1.807, 2.05) is 0 Å². The summed E-state index contributed by atoms with van der Waals surface area (Å²) in [6.45, 7) is 1.56. The molecule has 0 aliphatic heterocycles. The van der Waals surface area contributed by atoms with Crippen molar-refractivity contribution in [3.05, 3.63) is 65.7 Å². The Kier molecular flexibility index (Phi) is 4.76. The Morgan fingerprint density at radius 1 is 1.26 bits per heavy atom. The SMILES string of the molecule is Cc1cc(-c2ncn(/C=C(\C(N)=O)c3cccnc3)n2)cc(C(F)(F)F)c1. The number of pyridine rings is 1. The van der Waals surface area contributed by atoms with Crippen LogP contribution in [-0.4, -0.2) is 25.7 Å². The lowest BCUT2D eigenvalue weighted by Gasteiger charge is -2.09.